The summed E-state index contributed by atoms with van der Waals surface area (Å²) in [4.78, 5) is 1.23. The Kier molecular flexibility index (Phi) is 6.11. The fourth-order valence-electron chi connectivity index (χ4n) is 2.36. The minimum atomic E-state index is 0.000469. The highest BCUT2D eigenvalue weighted by Crippen LogP contribution is 2.33. The first-order chi connectivity index (χ1) is 10.2. The normalized spacial score (nSPS) is 12.6. The van der Waals surface area contributed by atoms with Gasteiger partial charge in [0, 0.05) is 12.0 Å². The van der Waals surface area contributed by atoms with E-state index >= 15 is 0 Å². The predicted molar refractivity (Wildman–Crippen MR) is 88.2 cm³/mol. The number of rotatable bonds is 7. The molecule has 1 heterocycles. The Morgan fingerprint density at radius 2 is 2.19 bits per heavy atom. The molecule has 0 amide bonds. The van der Waals surface area contributed by atoms with Gasteiger partial charge < -0.3 is 10.1 Å². The molecule has 1 unspecified atom stereocenters. The van der Waals surface area contributed by atoms with Gasteiger partial charge in [0.25, 0.3) is 0 Å². The van der Waals surface area contributed by atoms with E-state index < -0.39 is 0 Å². The van der Waals surface area contributed by atoms with Crippen molar-refractivity contribution >= 4 is 23.4 Å². The van der Waals surface area contributed by atoms with E-state index in [0.29, 0.717) is 18.2 Å². The van der Waals surface area contributed by atoms with Gasteiger partial charge in [-0.05, 0) is 24.9 Å². The molecule has 0 spiro atoms. The summed E-state index contributed by atoms with van der Waals surface area (Å²) in [6.07, 6.45) is 3.77. The second-order valence-electron chi connectivity index (χ2n) is 4.56. The van der Waals surface area contributed by atoms with Crippen LogP contribution in [0.5, 0.6) is 0 Å². The largest absolute Gasteiger partial charge is 0.383 e. The van der Waals surface area contributed by atoms with E-state index in [4.69, 9.17) is 16.3 Å². The van der Waals surface area contributed by atoms with Gasteiger partial charge in [0.15, 0.2) is 0 Å². The Morgan fingerprint density at radius 3 is 2.86 bits per heavy atom. The molecular weight excluding hydrogens is 306 g/mol. The number of nitrogens with one attached hydrogen (secondary N) is 1. The number of aromatic nitrogens is 2. The van der Waals surface area contributed by atoms with E-state index in [1.807, 2.05) is 23.9 Å². The SMILES string of the molecule is CNC(c1ccccc1SC)c1c(Cl)cnn1CCOC. The monoisotopic (exact) mass is 325 g/mol. The van der Waals surface area contributed by atoms with Gasteiger partial charge in [0.2, 0.25) is 0 Å². The molecule has 0 saturated carbocycles. The smallest absolute Gasteiger partial charge is 0.0837 e. The molecule has 4 nitrogen and oxygen atoms in total. The quantitative estimate of drug-likeness (QED) is 0.793. The molecule has 0 aliphatic heterocycles. The summed E-state index contributed by atoms with van der Waals surface area (Å²) in [5.41, 5.74) is 2.17. The minimum Gasteiger partial charge on any atom is -0.383 e. The van der Waals surface area contributed by atoms with Crippen molar-refractivity contribution in [3.63, 3.8) is 0 Å². The van der Waals surface area contributed by atoms with Crippen LogP contribution in [0, 0.1) is 0 Å². The Bertz CT molecular complexity index is 588. The summed E-state index contributed by atoms with van der Waals surface area (Å²) in [6.45, 7) is 1.28. The molecule has 2 rings (SSSR count). The highest BCUT2D eigenvalue weighted by atomic mass is 35.5. The number of methoxy groups -OCH3 is 1. The first-order valence-electron chi connectivity index (χ1n) is 6.73. The maximum absolute atomic E-state index is 6.37. The van der Waals surface area contributed by atoms with Gasteiger partial charge in [0.05, 0.1) is 36.1 Å². The molecule has 0 aliphatic carbocycles. The molecule has 0 radical (unpaired) electrons. The fraction of sp³-hybridized carbons (Fsp3) is 0.400. The third-order valence-electron chi connectivity index (χ3n) is 3.35. The van der Waals surface area contributed by atoms with Crippen LogP contribution in [-0.2, 0) is 11.3 Å². The number of hydrogen-bond donors (Lipinski definition) is 1. The molecule has 1 N–H and O–H groups in total. The zero-order chi connectivity index (χ0) is 15.2. The molecule has 2 aromatic rings. The molecule has 0 bridgehead atoms. The summed E-state index contributed by atoms with van der Waals surface area (Å²) in [5.74, 6) is 0. The lowest BCUT2D eigenvalue weighted by molar-refractivity contribution is 0.182. The number of thioether (sulfide) groups is 1. The highest BCUT2D eigenvalue weighted by molar-refractivity contribution is 7.98. The van der Waals surface area contributed by atoms with E-state index in [2.05, 4.69) is 28.8 Å². The standard InChI is InChI=1S/C15H20ClN3OS/c1-17-14(11-6-4-5-7-13(11)21-3)15-12(16)10-18-19(15)8-9-20-2/h4-7,10,14,17H,8-9H2,1-3H3. The molecule has 1 aromatic carbocycles. The van der Waals surface area contributed by atoms with E-state index in [0.717, 1.165) is 5.69 Å². The number of hydrogen-bond acceptors (Lipinski definition) is 4. The summed E-state index contributed by atoms with van der Waals surface area (Å²) in [7, 11) is 3.62. The lowest BCUT2D eigenvalue weighted by Crippen LogP contribution is -2.23. The van der Waals surface area contributed by atoms with E-state index in [9.17, 15) is 0 Å². The van der Waals surface area contributed by atoms with E-state index in [1.54, 1.807) is 25.1 Å². The van der Waals surface area contributed by atoms with Crippen molar-refractivity contribution in [1.82, 2.24) is 15.1 Å². The number of halogens is 1. The Balaban J connectivity index is 2.44. The van der Waals surface area contributed by atoms with Crippen LogP contribution in [0.4, 0.5) is 0 Å². The average molecular weight is 326 g/mol. The van der Waals surface area contributed by atoms with Crippen LogP contribution < -0.4 is 5.32 Å². The molecule has 0 fully saturated rings. The van der Waals surface area contributed by atoms with Crippen LogP contribution in [0.1, 0.15) is 17.3 Å². The predicted octanol–water partition coefficient (Wildman–Crippen LogP) is 3.21. The zero-order valence-electron chi connectivity index (χ0n) is 12.5. The minimum absolute atomic E-state index is 0.000469. The van der Waals surface area contributed by atoms with Crippen molar-refractivity contribution < 1.29 is 4.74 Å². The third kappa shape index (κ3) is 3.61. The summed E-state index contributed by atoms with van der Waals surface area (Å²) >= 11 is 8.10. The van der Waals surface area contributed by atoms with Gasteiger partial charge in [0.1, 0.15) is 0 Å². The van der Waals surface area contributed by atoms with Crippen molar-refractivity contribution in [2.45, 2.75) is 17.5 Å². The Labute approximate surface area is 134 Å². The van der Waals surface area contributed by atoms with Crippen molar-refractivity contribution in [2.24, 2.45) is 0 Å². The number of benzene rings is 1. The van der Waals surface area contributed by atoms with Crippen molar-refractivity contribution in [2.75, 3.05) is 27.0 Å². The van der Waals surface area contributed by atoms with Crippen molar-refractivity contribution in [3.8, 4) is 0 Å². The highest BCUT2D eigenvalue weighted by Gasteiger charge is 2.22. The van der Waals surface area contributed by atoms with Gasteiger partial charge in [-0.2, -0.15) is 5.10 Å². The zero-order valence-corrected chi connectivity index (χ0v) is 14.0. The maximum atomic E-state index is 6.37. The van der Waals surface area contributed by atoms with Gasteiger partial charge >= 0.3 is 0 Å². The van der Waals surface area contributed by atoms with Crippen LogP contribution in [0.25, 0.3) is 0 Å². The molecule has 114 valence electrons. The Hall–Kier alpha value is -1.01. The third-order valence-corrected chi connectivity index (χ3v) is 4.46. The van der Waals surface area contributed by atoms with Gasteiger partial charge in [-0.15, -0.1) is 11.8 Å². The van der Waals surface area contributed by atoms with Crippen LogP contribution in [-0.4, -0.2) is 36.8 Å². The molecule has 1 aromatic heterocycles. The van der Waals surface area contributed by atoms with Gasteiger partial charge in [-0.25, -0.2) is 0 Å². The van der Waals surface area contributed by atoms with E-state index in [-0.39, 0.29) is 6.04 Å². The molecule has 1 atom stereocenters. The van der Waals surface area contributed by atoms with Crippen LogP contribution >= 0.6 is 23.4 Å². The summed E-state index contributed by atoms with van der Waals surface area (Å²) in [5, 5.41) is 8.38. The second kappa shape index (κ2) is 7.84. The number of nitrogens with zero attached hydrogens (tertiary/aromatic N) is 2. The van der Waals surface area contributed by atoms with Gasteiger partial charge in [-0.1, -0.05) is 29.8 Å². The number of ether oxygens (including phenoxy) is 1. The first kappa shape index (κ1) is 16.4. The molecule has 0 aliphatic rings. The van der Waals surface area contributed by atoms with Crippen molar-refractivity contribution in [3.05, 3.63) is 46.7 Å². The molecule has 21 heavy (non-hydrogen) atoms. The lowest BCUT2D eigenvalue weighted by Gasteiger charge is -2.21. The summed E-state index contributed by atoms with van der Waals surface area (Å²) < 4.78 is 7.05. The van der Waals surface area contributed by atoms with E-state index in [1.165, 1.54) is 10.5 Å². The first-order valence-corrected chi connectivity index (χ1v) is 8.33. The molecule has 0 saturated heterocycles. The van der Waals surface area contributed by atoms with Crippen molar-refractivity contribution in [1.29, 1.82) is 0 Å². The van der Waals surface area contributed by atoms with Gasteiger partial charge in [-0.3, -0.25) is 4.68 Å². The fourth-order valence-corrected chi connectivity index (χ4v) is 3.25. The van der Waals surface area contributed by atoms with Crippen LogP contribution in [0.2, 0.25) is 5.02 Å². The lowest BCUT2D eigenvalue weighted by atomic mass is 10.0. The van der Waals surface area contributed by atoms with Crippen LogP contribution in [0.15, 0.2) is 35.4 Å². The van der Waals surface area contributed by atoms with Crippen LogP contribution in [0.3, 0.4) is 0 Å². The molecular formula is C15H20ClN3OS. The summed E-state index contributed by atoms with van der Waals surface area (Å²) in [6, 6.07) is 8.33. The maximum Gasteiger partial charge on any atom is 0.0837 e. The topological polar surface area (TPSA) is 39.1 Å². The average Bonchev–Trinajstić information content (AvgIpc) is 2.88. The second-order valence-corrected chi connectivity index (χ2v) is 5.81. The molecule has 6 heteroatoms. The Morgan fingerprint density at radius 1 is 1.43 bits per heavy atom.